The number of hydrogen-bond donors (Lipinski definition) is 2. The molecule has 1 aliphatic rings. The van der Waals surface area contributed by atoms with E-state index in [4.69, 9.17) is 17.3 Å². The van der Waals surface area contributed by atoms with E-state index in [-0.39, 0.29) is 34.9 Å². The molecule has 0 heterocycles. The minimum atomic E-state index is -3.41. The molecular formula is C15H21ClN2O3S. The molecule has 1 fully saturated rings. The Morgan fingerprint density at radius 2 is 1.95 bits per heavy atom. The number of nitrogens with one attached hydrogen (secondary N) is 1. The van der Waals surface area contributed by atoms with Crippen molar-refractivity contribution in [2.45, 2.75) is 24.2 Å². The van der Waals surface area contributed by atoms with Crippen LogP contribution in [0.5, 0.6) is 0 Å². The van der Waals surface area contributed by atoms with E-state index in [0.717, 1.165) is 19.3 Å². The highest BCUT2D eigenvalue weighted by atomic mass is 35.5. The van der Waals surface area contributed by atoms with Gasteiger partial charge < -0.3 is 11.1 Å². The summed E-state index contributed by atoms with van der Waals surface area (Å²) < 4.78 is 24.3. The highest BCUT2D eigenvalue weighted by Crippen LogP contribution is 2.30. The number of sulfone groups is 1. The van der Waals surface area contributed by atoms with E-state index in [9.17, 15) is 13.2 Å². The molecule has 1 aromatic carbocycles. The first-order valence-corrected chi connectivity index (χ1v) is 9.43. The van der Waals surface area contributed by atoms with Crippen LogP contribution in [0.25, 0.3) is 0 Å². The van der Waals surface area contributed by atoms with Crippen LogP contribution < -0.4 is 11.1 Å². The molecule has 0 bridgehead atoms. The van der Waals surface area contributed by atoms with Gasteiger partial charge in [0.25, 0.3) is 0 Å². The van der Waals surface area contributed by atoms with Crippen LogP contribution in [0.4, 0.5) is 0 Å². The zero-order valence-corrected chi connectivity index (χ0v) is 13.9. The van der Waals surface area contributed by atoms with Gasteiger partial charge in [-0.25, -0.2) is 8.42 Å². The number of carbonyl (C=O) groups is 1. The maximum atomic E-state index is 12.2. The lowest BCUT2D eigenvalue weighted by Gasteiger charge is -2.17. The first-order valence-electron chi connectivity index (χ1n) is 7.40. The molecule has 1 aliphatic carbocycles. The zero-order valence-electron chi connectivity index (χ0n) is 12.3. The number of nitrogens with two attached hydrogens (primary N) is 1. The zero-order chi connectivity index (χ0) is 16.2. The molecule has 0 aliphatic heterocycles. The Hall–Kier alpha value is -1.11. The maximum Gasteiger partial charge on any atom is 0.223 e. The summed E-state index contributed by atoms with van der Waals surface area (Å²) >= 11 is 5.75. The molecule has 3 N–H and O–H groups in total. The van der Waals surface area contributed by atoms with Gasteiger partial charge in [-0.15, -0.1) is 0 Å². The molecule has 5 nitrogen and oxygen atoms in total. The highest BCUT2D eigenvalue weighted by molar-refractivity contribution is 7.91. The smallest absolute Gasteiger partial charge is 0.223 e. The Labute approximate surface area is 136 Å². The lowest BCUT2D eigenvalue weighted by Crippen LogP contribution is -2.37. The van der Waals surface area contributed by atoms with E-state index in [1.165, 1.54) is 24.3 Å². The molecule has 22 heavy (non-hydrogen) atoms. The molecule has 0 aromatic heterocycles. The summed E-state index contributed by atoms with van der Waals surface area (Å²) in [5, 5.41) is 3.21. The van der Waals surface area contributed by atoms with Gasteiger partial charge >= 0.3 is 0 Å². The summed E-state index contributed by atoms with van der Waals surface area (Å²) in [7, 11) is -3.41. The van der Waals surface area contributed by atoms with Crippen molar-refractivity contribution in [2.24, 2.45) is 17.6 Å². The van der Waals surface area contributed by atoms with Crippen LogP contribution in [0.1, 0.15) is 19.3 Å². The Kier molecular flexibility index (Phi) is 5.83. The Morgan fingerprint density at radius 1 is 1.27 bits per heavy atom. The van der Waals surface area contributed by atoms with Crippen LogP contribution in [0.2, 0.25) is 5.02 Å². The van der Waals surface area contributed by atoms with Crippen molar-refractivity contribution in [1.82, 2.24) is 5.32 Å². The fraction of sp³-hybridized carbons (Fsp3) is 0.533. The van der Waals surface area contributed by atoms with Crippen LogP contribution in [0.15, 0.2) is 29.2 Å². The topological polar surface area (TPSA) is 89.3 Å². The van der Waals surface area contributed by atoms with Gasteiger partial charge in [0, 0.05) is 17.5 Å². The van der Waals surface area contributed by atoms with E-state index in [2.05, 4.69) is 5.32 Å². The maximum absolute atomic E-state index is 12.2. The van der Waals surface area contributed by atoms with E-state index in [1.54, 1.807) is 0 Å². The summed E-state index contributed by atoms with van der Waals surface area (Å²) in [6.45, 7) is 0.610. The highest BCUT2D eigenvalue weighted by Gasteiger charge is 2.31. The van der Waals surface area contributed by atoms with Gasteiger partial charge in [0.15, 0.2) is 9.84 Å². The quantitative estimate of drug-likeness (QED) is 0.820. The largest absolute Gasteiger partial charge is 0.355 e. The Balaban J connectivity index is 1.87. The average Bonchev–Trinajstić information content (AvgIpc) is 2.96. The summed E-state index contributed by atoms with van der Waals surface area (Å²) in [6.07, 6.45) is 2.80. The van der Waals surface area contributed by atoms with Crippen molar-refractivity contribution >= 4 is 27.3 Å². The predicted molar refractivity (Wildman–Crippen MR) is 86.4 cm³/mol. The van der Waals surface area contributed by atoms with Crippen LogP contribution in [0, 0.1) is 11.8 Å². The van der Waals surface area contributed by atoms with E-state index < -0.39 is 9.84 Å². The summed E-state index contributed by atoms with van der Waals surface area (Å²) in [5.41, 5.74) is 5.66. The molecule has 0 saturated heterocycles. The lowest BCUT2D eigenvalue weighted by atomic mass is 9.95. The standard InChI is InChI=1S/C15H21ClN2O3S/c16-12-4-6-13(7-5-12)22(20,21)9-8-18-15(19)14-3-1-2-11(14)10-17/h4-7,11,14H,1-3,8-10,17H2,(H,18,19)/t11-,14-/m1/s1. The van der Waals surface area contributed by atoms with Crippen molar-refractivity contribution in [1.29, 1.82) is 0 Å². The predicted octanol–water partition coefficient (Wildman–Crippen LogP) is 1.60. The summed E-state index contributed by atoms with van der Waals surface area (Å²) in [5.74, 6) is -0.0734. The molecule has 122 valence electrons. The van der Waals surface area contributed by atoms with Crippen molar-refractivity contribution in [3.8, 4) is 0 Å². The number of hydrogen-bond acceptors (Lipinski definition) is 4. The van der Waals surface area contributed by atoms with Gasteiger partial charge in [-0.05, 0) is 49.6 Å². The van der Waals surface area contributed by atoms with E-state index in [1.807, 2.05) is 0 Å². The number of benzene rings is 1. The molecule has 2 rings (SSSR count). The first kappa shape index (κ1) is 17.2. The number of rotatable bonds is 6. The van der Waals surface area contributed by atoms with Crippen molar-refractivity contribution < 1.29 is 13.2 Å². The van der Waals surface area contributed by atoms with Crippen molar-refractivity contribution in [2.75, 3.05) is 18.8 Å². The second kappa shape index (κ2) is 7.44. The molecule has 1 amide bonds. The van der Waals surface area contributed by atoms with Crippen LogP contribution in [0.3, 0.4) is 0 Å². The molecule has 1 saturated carbocycles. The number of amides is 1. The van der Waals surface area contributed by atoms with E-state index in [0.29, 0.717) is 11.6 Å². The monoisotopic (exact) mass is 344 g/mol. The molecule has 1 aromatic rings. The molecule has 0 spiro atoms. The number of halogens is 1. The average molecular weight is 345 g/mol. The van der Waals surface area contributed by atoms with Crippen LogP contribution in [-0.4, -0.2) is 33.2 Å². The van der Waals surface area contributed by atoms with Gasteiger partial charge in [0.1, 0.15) is 0 Å². The molecular weight excluding hydrogens is 324 g/mol. The molecule has 0 unspecified atom stereocenters. The summed E-state index contributed by atoms with van der Waals surface area (Å²) in [6, 6.07) is 6.02. The van der Waals surface area contributed by atoms with Gasteiger partial charge in [0.05, 0.1) is 10.6 Å². The van der Waals surface area contributed by atoms with Crippen LogP contribution >= 0.6 is 11.6 Å². The first-order chi connectivity index (χ1) is 10.4. The fourth-order valence-corrected chi connectivity index (χ4v) is 4.15. The number of carbonyl (C=O) groups excluding carboxylic acids is 1. The molecule has 7 heteroatoms. The van der Waals surface area contributed by atoms with E-state index >= 15 is 0 Å². The normalized spacial score (nSPS) is 21.7. The van der Waals surface area contributed by atoms with Gasteiger partial charge in [-0.1, -0.05) is 18.0 Å². The molecule has 2 atom stereocenters. The second-order valence-electron chi connectivity index (χ2n) is 5.60. The van der Waals surface area contributed by atoms with Crippen LogP contribution in [-0.2, 0) is 14.6 Å². The molecule has 0 radical (unpaired) electrons. The Bertz CT molecular complexity index is 616. The fourth-order valence-electron chi connectivity index (χ4n) is 2.86. The third kappa shape index (κ3) is 4.21. The van der Waals surface area contributed by atoms with Gasteiger partial charge in [-0.2, -0.15) is 0 Å². The Morgan fingerprint density at radius 3 is 2.59 bits per heavy atom. The lowest BCUT2D eigenvalue weighted by molar-refractivity contribution is -0.125. The SMILES string of the molecule is NC[C@H]1CCC[C@H]1C(=O)NCCS(=O)(=O)c1ccc(Cl)cc1. The minimum absolute atomic E-state index is 0.0803. The van der Waals surface area contributed by atoms with Gasteiger partial charge in [-0.3, -0.25) is 4.79 Å². The van der Waals surface area contributed by atoms with Crippen molar-refractivity contribution in [3.05, 3.63) is 29.3 Å². The van der Waals surface area contributed by atoms with Crippen molar-refractivity contribution in [3.63, 3.8) is 0 Å². The summed E-state index contributed by atoms with van der Waals surface area (Å²) in [4.78, 5) is 12.3. The third-order valence-corrected chi connectivity index (χ3v) is 6.13. The van der Waals surface area contributed by atoms with Gasteiger partial charge in [0.2, 0.25) is 5.91 Å². The second-order valence-corrected chi connectivity index (χ2v) is 8.14. The third-order valence-electron chi connectivity index (χ3n) is 4.14. The minimum Gasteiger partial charge on any atom is -0.355 e.